The lowest BCUT2D eigenvalue weighted by Crippen LogP contribution is -2.29. The van der Waals surface area contributed by atoms with E-state index in [0.717, 1.165) is 10.6 Å². The molecule has 0 aliphatic heterocycles. The quantitative estimate of drug-likeness (QED) is 0.795. The lowest BCUT2D eigenvalue weighted by atomic mass is 10.1. The Balaban J connectivity index is 0.00000264. The second-order valence-electron chi connectivity index (χ2n) is 4.65. The number of benzene rings is 1. The Morgan fingerprint density at radius 2 is 2.13 bits per heavy atom. The number of aromatic nitrogens is 1. The van der Waals surface area contributed by atoms with E-state index in [1.165, 1.54) is 23.5 Å². The molecular weight excluding hydrogens is 341 g/mol. The molecule has 8 heteroatoms. The highest BCUT2D eigenvalue weighted by atomic mass is 35.5. The highest BCUT2D eigenvalue weighted by Gasteiger charge is 2.15. The van der Waals surface area contributed by atoms with Crippen molar-refractivity contribution in [2.45, 2.75) is 12.5 Å². The summed E-state index contributed by atoms with van der Waals surface area (Å²) in [4.78, 5) is 16.3. The van der Waals surface area contributed by atoms with Crippen LogP contribution in [-0.2, 0) is 11.2 Å². The van der Waals surface area contributed by atoms with Crippen molar-refractivity contribution in [3.8, 4) is 0 Å². The van der Waals surface area contributed by atoms with E-state index in [1.807, 2.05) is 0 Å². The average molecular weight is 360 g/mol. The predicted molar refractivity (Wildman–Crippen MR) is 90.6 cm³/mol. The molecule has 1 aromatic carbocycles. The normalized spacial score (nSPS) is 11.6. The molecule has 0 aliphatic carbocycles. The smallest absolute Gasteiger partial charge is 0.270 e. The fraction of sp³-hybridized carbons (Fsp3) is 0.333. The van der Waals surface area contributed by atoms with E-state index in [-0.39, 0.29) is 36.8 Å². The second kappa shape index (κ2) is 9.57. The fourth-order valence-corrected chi connectivity index (χ4v) is 2.74. The molecule has 1 heterocycles. The molecule has 126 valence electrons. The summed E-state index contributed by atoms with van der Waals surface area (Å²) in [7, 11) is 1.54. The van der Waals surface area contributed by atoms with Gasteiger partial charge in [-0.3, -0.25) is 4.79 Å². The van der Waals surface area contributed by atoms with Crippen molar-refractivity contribution in [2.24, 2.45) is 5.73 Å². The zero-order valence-corrected chi connectivity index (χ0v) is 14.3. The number of amides is 1. The van der Waals surface area contributed by atoms with Gasteiger partial charge in [0.15, 0.2) is 0 Å². The summed E-state index contributed by atoms with van der Waals surface area (Å²) in [6.45, 7) is 0.787. The minimum atomic E-state index is -0.341. The van der Waals surface area contributed by atoms with Crippen LogP contribution in [0.25, 0.3) is 0 Å². The van der Waals surface area contributed by atoms with E-state index in [9.17, 15) is 9.18 Å². The van der Waals surface area contributed by atoms with Gasteiger partial charge < -0.3 is 15.8 Å². The first-order valence-corrected chi connectivity index (χ1v) is 7.73. The van der Waals surface area contributed by atoms with Gasteiger partial charge in [0.05, 0.1) is 11.1 Å². The van der Waals surface area contributed by atoms with Gasteiger partial charge in [-0.05, 0) is 24.2 Å². The maximum Gasteiger partial charge on any atom is 0.270 e. The minimum absolute atomic E-state index is 0. The number of rotatable bonds is 7. The van der Waals surface area contributed by atoms with Gasteiger partial charge in [0.1, 0.15) is 11.5 Å². The third-order valence-corrected chi connectivity index (χ3v) is 4.03. The highest BCUT2D eigenvalue weighted by molar-refractivity contribution is 7.09. The van der Waals surface area contributed by atoms with Gasteiger partial charge in [-0.15, -0.1) is 23.7 Å². The van der Waals surface area contributed by atoms with Crippen molar-refractivity contribution in [3.63, 3.8) is 0 Å². The predicted octanol–water partition coefficient (Wildman–Crippen LogP) is 2.32. The summed E-state index contributed by atoms with van der Waals surface area (Å²) in [6.07, 6.45) is 0.320. The number of carbonyl (C=O) groups is 1. The monoisotopic (exact) mass is 359 g/mol. The Bertz CT molecular complexity index is 621. The molecule has 23 heavy (non-hydrogen) atoms. The first-order valence-electron chi connectivity index (χ1n) is 6.85. The molecule has 0 bridgehead atoms. The summed E-state index contributed by atoms with van der Waals surface area (Å²) in [6, 6.07) is 6.00. The van der Waals surface area contributed by atoms with Crippen LogP contribution < -0.4 is 11.1 Å². The Morgan fingerprint density at radius 1 is 1.43 bits per heavy atom. The molecule has 0 aliphatic rings. The van der Waals surface area contributed by atoms with E-state index in [1.54, 1.807) is 24.6 Å². The molecule has 0 saturated heterocycles. The van der Waals surface area contributed by atoms with E-state index < -0.39 is 0 Å². The van der Waals surface area contributed by atoms with Crippen LogP contribution in [0, 0.1) is 5.82 Å². The molecule has 0 spiro atoms. The van der Waals surface area contributed by atoms with Crippen molar-refractivity contribution in [2.75, 3.05) is 20.2 Å². The maximum absolute atomic E-state index is 12.9. The lowest BCUT2D eigenvalue weighted by Gasteiger charge is -2.16. The number of nitrogens with two attached hydrogens (primary N) is 1. The lowest BCUT2D eigenvalue weighted by molar-refractivity contribution is 0.0824. The summed E-state index contributed by atoms with van der Waals surface area (Å²) in [5, 5.41) is 5.32. The zero-order chi connectivity index (χ0) is 15.9. The number of hydrogen-bond donors (Lipinski definition) is 2. The third kappa shape index (κ3) is 5.54. The van der Waals surface area contributed by atoms with E-state index in [4.69, 9.17) is 10.5 Å². The molecular formula is C15H19ClFN3O2S. The molecule has 1 unspecified atom stereocenters. The van der Waals surface area contributed by atoms with Crippen molar-refractivity contribution >= 4 is 29.7 Å². The molecule has 1 atom stereocenters. The Labute approximate surface area is 144 Å². The largest absolute Gasteiger partial charge is 0.375 e. The molecule has 3 N–H and O–H groups in total. The molecule has 5 nitrogen and oxygen atoms in total. The number of nitrogens with zero attached hydrogens (tertiary/aromatic N) is 1. The Hall–Kier alpha value is -1.54. The van der Waals surface area contributed by atoms with Gasteiger partial charge in [0, 0.05) is 25.5 Å². The Kier molecular flexibility index (Phi) is 8.11. The van der Waals surface area contributed by atoms with Gasteiger partial charge in [-0.25, -0.2) is 9.37 Å². The van der Waals surface area contributed by atoms with E-state index >= 15 is 0 Å². The molecule has 0 radical (unpaired) electrons. The first kappa shape index (κ1) is 19.5. The highest BCUT2D eigenvalue weighted by Crippen LogP contribution is 2.16. The minimum Gasteiger partial charge on any atom is -0.375 e. The van der Waals surface area contributed by atoms with Crippen molar-refractivity contribution in [1.82, 2.24) is 10.3 Å². The van der Waals surface area contributed by atoms with Crippen LogP contribution in [0.2, 0.25) is 0 Å². The van der Waals surface area contributed by atoms with Gasteiger partial charge in [0.2, 0.25) is 0 Å². The number of nitrogens with one attached hydrogen (secondary N) is 1. The van der Waals surface area contributed by atoms with Crippen LogP contribution in [-0.4, -0.2) is 31.1 Å². The van der Waals surface area contributed by atoms with Gasteiger partial charge >= 0.3 is 0 Å². The summed E-state index contributed by atoms with van der Waals surface area (Å²) in [5.74, 6) is -0.568. The molecule has 0 saturated carbocycles. The zero-order valence-electron chi connectivity index (χ0n) is 12.6. The van der Waals surface area contributed by atoms with Gasteiger partial charge in [-0.2, -0.15) is 0 Å². The van der Waals surface area contributed by atoms with Crippen LogP contribution >= 0.6 is 23.7 Å². The van der Waals surface area contributed by atoms with E-state index in [2.05, 4.69) is 10.3 Å². The van der Waals surface area contributed by atoms with Crippen LogP contribution in [0.15, 0.2) is 29.6 Å². The fourth-order valence-electron chi connectivity index (χ4n) is 1.94. The van der Waals surface area contributed by atoms with Crippen LogP contribution in [0.4, 0.5) is 4.39 Å². The van der Waals surface area contributed by atoms with Gasteiger partial charge in [-0.1, -0.05) is 12.1 Å². The van der Waals surface area contributed by atoms with Gasteiger partial charge in [0.25, 0.3) is 5.91 Å². The first-order chi connectivity index (χ1) is 10.6. The summed E-state index contributed by atoms with van der Waals surface area (Å²) in [5.41, 5.74) is 6.63. The maximum atomic E-state index is 12.9. The molecule has 1 aromatic heterocycles. The van der Waals surface area contributed by atoms with Crippen molar-refractivity contribution in [3.05, 3.63) is 51.7 Å². The molecule has 0 fully saturated rings. The number of carbonyl (C=O) groups excluding carboxylic acids is 1. The molecule has 2 rings (SSSR count). The summed E-state index contributed by atoms with van der Waals surface area (Å²) >= 11 is 1.42. The van der Waals surface area contributed by atoms with Crippen LogP contribution in [0.5, 0.6) is 0 Å². The molecule has 1 amide bonds. The molecule has 2 aromatic rings. The number of methoxy groups -OCH3 is 1. The third-order valence-electron chi connectivity index (χ3n) is 3.12. The standard InChI is InChI=1S/C15H18FN3O2S.ClH/c1-21-13(10-2-4-11(16)5-3-10)8-18-15(20)12-9-22-14(19-12)6-7-17;/h2-5,9,13H,6-8,17H2,1H3,(H,18,20);1H. The van der Waals surface area contributed by atoms with Crippen LogP contribution in [0.3, 0.4) is 0 Å². The summed E-state index contributed by atoms with van der Waals surface area (Å²) < 4.78 is 18.3. The number of hydrogen-bond acceptors (Lipinski definition) is 5. The SMILES string of the molecule is COC(CNC(=O)c1csc(CCN)n1)c1ccc(F)cc1.Cl. The second-order valence-corrected chi connectivity index (χ2v) is 5.59. The van der Waals surface area contributed by atoms with Crippen molar-refractivity contribution in [1.29, 1.82) is 0 Å². The van der Waals surface area contributed by atoms with Crippen molar-refractivity contribution < 1.29 is 13.9 Å². The van der Waals surface area contributed by atoms with E-state index in [0.29, 0.717) is 18.7 Å². The number of thiazole rings is 1. The Morgan fingerprint density at radius 3 is 2.74 bits per heavy atom. The van der Waals surface area contributed by atoms with Crippen LogP contribution in [0.1, 0.15) is 27.2 Å². The topological polar surface area (TPSA) is 77.2 Å². The number of halogens is 2. The average Bonchev–Trinajstić information content (AvgIpc) is 2.98. The number of ether oxygens (including phenoxy) is 1.